The average molecular weight is 346 g/mol. The molecule has 3 rings (SSSR count). The van der Waals surface area contributed by atoms with Gasteiger partial charge in [0, 0.05) is 36.8 Å². The molecule has 0 spiro atoms. The molecule has 0 aliphatic carbocycles. The Morgan fingerprint density at radius 2 is 1.75 bits per heavy atom. The van der Waals surface area contributed by atoms with Crippen molar-refractivity contribution in [3.05, 3.63) is 58.7 Å². The van der Waals surface area contributed by atoms with E-state index < -0.39 is 5.97 Å². The van der Waals surface area contributed by atoms with Crippen LogP contribution in [0.5, 0.6) is 0 Å². The second-order valence-corrected chi connectivity index (χ2v) is 5.91. The Labute approximate surface area is 144 Å². The molecular weight excluding hydrogens is 330 g/mol. The monoisotopic (exact) mass is 345 g/mol. The van der Waals surface area contributed by atoms with Gasteiger partial charge in [0.15, 0.2) is 5.69 Å². The summed E-state index contributed by atoms with van der Waals surface area (Å²) in [7, 11) is 0. The Morgan fingerprint density at radius 1 is 1.04 bits per heavy atom. The first-order chi connectivity index (χ1) is 11.5. The van der Waals surface area contributed by atoms with Crippen LogP contribution in [0.1, 0.15) is 20.8 Å². The highest BCUT2D eigenvalue weighted by Gasteiger charge is 2.23. The lowest BCUT2D eigenvalue weighted by Gasteiger charge is -2.35. The van der Waals surface area contributed by atoms with Crippen LogP contribution in [-0.2, 0) is 0 Å². The summed E-state index contributed by atoms with van der Waals surface area (Å²) in [5.41, 5.74) is 0.590. The first kappa shape index (κ1) is 16.3. The van der Waals surface area contributed by atoms with Crippen molar-refractivity contribution < 1.29 is 14.7 Å². The normalized spacial score (nSPS) is 14.5. The molecule has 2 aromatic rings. The molecule has 0 atom stereocenters. The highest BCUT2D eigenvalue weighted by atomic mass is 35.5. The summed E-state index contributed by atoms with van der Waals surface area (Å²) in [5, 5.41) is 9.56. The van der Waals surface area contributed by atoms with Crippen molar-refractivity contribution in [2.75, 3.05) is 31.1 Å². The van der Waals surface area contributed by atoms with E-state index in [9.17, 15) is 9.59 Å². The van der Waals surface area contributed by atoms with E-state index in [2.05, 4.69) is 4.98 Å². The van der Waals surface area contributed by atoms with Gasteiger partial charge in [-0.15, -0.1) is 0 Å². The van der Waals surface area contributed by atoms with Crippen LogP contribution in [0.15, 0.2) is 42.5 Å². The molecule has 0 bridgehead atoms. The van der Waals surface area contributed by atoms with Crippen LogP contribution in [0, 0.1) is 0 Å². The van der Waals surface area contributed by atoms with Crippen molar-refractivity contribution in [3.63, 3.8) is 0 Å². The highest BCUT2D eigenvalue weighted by molar-refractivity contribution is 6.30. The second kappa shape index (κ2) is 6.88. The fraction of sp³-hybridized carbons (Fsp3) is 0.235. The van der Waals surface area contributed by atoms with Crippen molar-refractivity contribution in [1.29, 1.82) is 0 Å². The number of nitrogens with zero attached hydrogens (tertiary/aromatic N) is 3. The summed E-state index contributed by atoms with van der Waals surface area (Å²) < 4.78 is 0. The smallest absolute Gasteiger partial charge is 0.354 e. The number of amides is 1. The highest BCUT2D eigenvalue weighted by Crippen LogP contribution is 2.17. The van der Waals surface area contributed by atoms with Crippen LogP contribution in [0.3, 0.4) is 0 Å². The van der Waals surface area contributed by atoms with E-state index in [4.69, 9.17) is 16.7 Å². The Morgan fingerprint density at radius 3 is 2.42 bits per heavy atom. The molecule has 124 valence electrons. The van der Waals surface area contributed by atoms with E-state index in [0.29, 0.717) is 42.6 Å². The molecule has 1 aliphatic rings. The molecule has 1 aliphatic heterocycles. The summed E-state index contributed by atoms with van der Waals surface area (Å²) in [4.78, 5) is 31.4. The zero-order valence-electron chi connectivity index (χ0n) is 12.9. The summed E-state index contributed by atoms with van der Waals surface area (Å²) in [6.45, 7) is 2.29. The van der Waals surface area contributed by atoms with Crippen LogP contribution in [-0.4, -0.2) is 53.0 Å². The second-order valence-electron chi connectivity index (χ2n) is 5.48. The van der Waals surface area contributed by atoms with Crippen LogP contribution in [0.25, 0.3) is 0 Å². The molecule has 1 aromatic carbocycles. The van der Waals surface area contributed by atoms with Crippen LogP contribution < -0.4 is 4.90 Å². The molecular formula is C17H16ClN3O3. The number of pyridine rings is 1. The minimum Gasteiger partial charge on any atom is -0.477 e. The summed E-state index contributed by atoms with van der Waals surface area (Å²) >= 11 is 5.94. The molecule has 1 saturated heterocycles. The summed E-state index contributed by atoms with van der Waals surface area (Å²) in [5.74, 6) is -0.485. The number of benzene rings is 1. The van der Waals surface area contributed by atoms with Gasteiger partial charge in [-0.3, -0.25) is 4.79 Å². The van der Waals surface area contributed by atoms with Crippen molar-refractivity contribution in [2.24, 2.45) is 0 Å². The molecule has 1 fully saturated rings. The number of aromatic nitrogens is 1. The number of hydrogen-bond acceptors (Lipinski definition) is 4. The predicted molar refractivity (Wildman–Crippen MR) is 90.8 cm³/mol. The molecule has 0 unspecified atom stereocenters. The summed E-state index contributed by atoms with van der Waals surface area (Å²) in [6.07, 6.45) is 0. The molecule has 1 amide bonds. The quantitative estimate of drug-likeness (QED) is 0.924. The standard InChI is InChI=1S/C17H16ClN3O3/c18-13-4-1-3-12(11-13)16(22)21-9-7-20(8-10-21)15-6-2-5-14(19-15)17(23)24/h1-6,11H,7-10H2,(H,23,24). The average Bonchev–Trinajstić information content (AvgIpc) is 2.61. The van der Waals surface area contributed by atoms with Crippen LogP contribution in [0.2, 0.25) is 5.02 Å². The number of anilines is 1. The maximum absolute atomic E-state index is 12.5. The molecule has 6 nitrogen and oxygen atoms in total. The zero-order chi connectivity index (χ0) is 17.1. The number of carboxylic acid groups (broad SMARTS) is 1. The number of carboxylic acids is 1. The number of carbonyl (C=O) groups is 2. The topological polar surface area (TPSA) is 73.7 Å². The van der Waals surface area contributed by atoms with Gasteiger partial charge in [-0.1, -0.05) is 23.7 Å². The van der Waals surface area contributed by atoms with E-state index >= 15 is 0 Å². The van der Waals surface area contributed by atoms with Crippen LogP contribution in [0.4, 0.5) is 5.82 Å². The van der Waals surface area contributed by atoms with Gasteiger partial charge in [0.05, 0.1) is 0 Å². The SMILES string of the molecule is O=C(O)c1cccc(N2CCN(C(=O)c3cccc(Cl)c3)CC2)n1. The largest absolute Gasteiger partial charge is 0.477 e. The number of piperazine rings is 1. The van der Waals surface area contributed by atoms with Gasteiger partial charge in [0.25, 0.3) is 5.91 Å². The first-order valence-corrected chi connectivity index (χ1v) is 7.92. The number of rotatable bonds is 3. The van der Waals surface area contributed by atoms with Gasteiger partial charge in [-0.25, -0.2) is 9.78 Å². The number of halogens is 1. The zero-order valence-corrected chi connectivity index (χ0v) is 13.6. The first-order valence-electron chi connectivity index (χ1n) is 7.55. The maximum atomic E-state index is 12.5. The minimum atomic E-state index is -1.05. The molecule has 0 saturated carbocycles. The van der Waals surface area contributed by atoms with E-state index in [1.807, 2.05) is 4.90 Å². The predicted octanol–water partition coefficient (Wildman–Crippen LogP) is 2.40. The Kier molecular flexibility index (Phi) is 4.66. The fourth-order valence-corrected chi connectivity index (χ4v) is 2.85. The van der Waals surface area contributed by atoms with Crippen LogP contribution >= 0.6 is 11.6 Å². The molecule has 24 heavy (non-hydrogen) atoms. The third-order valence-electron chi connectivity index (χ3n) is 3.92. The number of aromatic carboxylic acids is 1. The minimum absolute atomic E-state index is 0.0185. The Balaban J connectivity index is 1.66. The lowest BCUT2D eigenvalue weighted by atomic mass is 10.2. The third kappa shape index (κ3) is 3.49. The molecule has 0 radical (unpaired) electrons. The fourth-order valence-electron chi connectivity index (χ4n) is 2.66. The van der Waals surface area contributed by atoms with E-state index in [1.165, 1.54) is 6.07 Å². The number of hydrogen-bond donors (Lipinski definition) is 1. The summed E-state index contributed by atoms with van der Waals surface area (Å²) in [6, 6.07) is 11.8. The number of carbonyl (C=O) groups excluding carboxylic acids is 1. The van der Waals surface area contributed by atoms with Crippen molar-refractivity contribution in [2.45, 2.75) is 0 Å². The molecule has 7 heteroatoms. The van der Waals surface area contributed by atoms with Gasteiger partial charge < -0.3 is 14.9 Å². The van der Waals surface area contributed by atoms with Crippen molar-refractivity contribution in [3.8, 4) is 0 Å². The molecule has 2 heterocycles. The molecule has 1 N–H and O–H groups in total. The lowest BCUT2D eigenvalue weighted by molar-refractivity contribution is 0.0690. The van der Waals surface area contributed by atoms with Gasteiger partial charge >= 0.3 is 5.97 Å². The van der Waals surface area contributed by atoms with Gasteiger partial charge in [0.1, 0.15) is 5.82 Å². The Hall–Kier alpha value is -2.60. The van der Waals surface area contributed by atoms with E-state index in [-0.39, 0.29) is 11.6 Å². The van der Waals surface area contributed by atoms with Crippen molar-refractivity contribution in [1.82, 2.24) is 9.88 Å². The van der Waals surface area contributed by atoms with Crippen molar-refractivity contribution >= 4 is 29.3 Å². The maximum Gasteiger partial charge on any atom is 0.354 e. The molecule has 1 aromatic heterocycles. The van der Waals surface area contributed by atoms with Gasteiger partial charge in [-0.05, 0) is 30.3 Å². The van der Waals surface area contributed by atoms with Gasteiger partial charge in [-0.2, -0.15) is 0 Å². The van der Waals surface area contributed by atoms with E-state index in [1.54, 1.807) is 41.3 Å². The van der Waals surface area contributed by atoms with E-state index in [0.717, 1.165) is 0 Å². The Bertz CT molecular complexity index is 773. The van der Waals surface area contributed by atoms with Gasteiger partial charge in [0.2, 0.25) is 0 Å². The third-order valence-corrected chi connectivity index (χ3v) is 4.15. The lowest BCUT2D eigenvalue weighted by Crippen LogP contribution is -2.49.